The number of likely N-dealkylation sites (N-methyl/N-ethyl adjacent to an activating group) is 2. The molecule has 0 radical (unpaired) electrons. The molecule has 0 aliphatic carbocycles. The minimum atomic E-state index is 0.662. The lowest BCUT2D eigenvalue weighted by atomic mass is 10.3. The topological polar surface area (TPSA) is 15.3 Å². The largest absolute Gasteiger partial charge is 0.315 e. The normalized spacial score (nSPS) is 13.9. The van der Waals surface area contributed by atoms with Gasteiger partial charge in [-0.15, -0.1) is 0 Å². The Hall–Kier alpha value is -0.0800. The van der Waals surface area contributed by atoms with E-state index in [4.69, 9.17) is 0 Å². The molecule has 0 heterocycles. The number of nitrogens with one attached hydrogen (secondary N) is 1. The lowest BCUT2D eigenvalue weighted by Crippen LogP contribution is -2.38. The zero-order valence-corrected chi connectivity index (χ0v) is 8.35. The van der Waals surface area contributed by atoms with Crippen LogP contribution in [-0.4, -0.2) is 37.6 Å². The fourth-order valence-electron chi connectivity index (χ4n) is 1.08. The lowest BCUT2D eigenvalue weighted by molar-refractivity contribution is 0.252. The van der Waals surface area contributed by atoms with E-state index in [-0.39, 0.29) is 0 Å². The summed E-state index contributed by atoms with van der Waals surface area (Å²) in [5.41, 5.74) is 0. The molecule has 0 aliphatic heterocycles. The van der Waals surface area contributed by atoms with Crippen LogP contribution in [0.1, 0.15) is 27.2 Å². The van der Waals surface area contributed by atoms with Crippen LogP contribution in [0, 0.1) is 0 Å². The highest BCUT2D eigenvalue weighted by atomic mass is 15.1. The fourth-order valence-corrected chi connectivity index (χ4v) is 1.08. The second kappa shape index (κ2) is 6.62. The Balaban J connectivity index is 3.38. The highest BCUT2D eigenvalue weighted by Crippen LogP contribution is 1.94. The van der Waals surface area contributed by atoms with Crippen LogP contribution in [-0.2, 0) is 0 Å². The molecule has 0 aromatic carbocycles. The molecule has 0 bridgehead atoms. The van der Waals surface area contributed by atoms with Crippen molar-refractivity contribution >= 4 is 0 Å². The molecule has 0 amide bonds. The van der Waals surface area contributed by atoms with Gasteiger partial charge in [-0.3, -0.25) is 0 Å². The maximum atomic E-state index is 3.35. The van der Waals surface area contributed by atoms with Crippen molar-refractivity contribution in [3.63, 3.8) is 0 Å². The average molecular weight is 158 g/mol. The van der Waals surface area contributed by atoms with Crippen LogP contribution in [0.4, 0.5) is 0 Å². The fraction of sp³-hybridized carbons (Fsp3) is 1.00. The van der Waals surface area contributed by atoms with Crippen LogP contribution in [0.2, 0.25) is 0 Å². The van der Waals surface area contributed by atoms with Gasteiger partial charge in [0, 0.05) is 12.6 Å². The molecule has 0 aromatic heterocycles. The van der Waals surface area contributed by atoms with Gasteiger partial charge < -0.3 is 10.2 Å². The van der Waals surface area contributed by atoms with Gasteiger partial charge in [0.15, 0.2) is 0 Å². The molecule has 0 rings (SSSR count). The maximum Gasteiger partial charge on any atom is 0.0189 e. The minimum Gasteiger partial charge on any atom is -0.315 e. The second-order valence-electron chi connectivity index (χ2n) is 3.14. The Morgan fingerprint density at radius 3 is 2.45 bits per heavy atom. The number of hydrogen-bond acceptors (Lipinski definition) is 2. The van der Waals surface area contributed by atoms with Crippen LogP contribution >= 0.6 is 0 Å². The van der Waals surface area contributed by atoms with Crippen molar-refractivity contribution in [1.82, 2.24) is 10.2 Å². The van der Waals surface area contributed by atoms with E-state index in [1.807, 2.05) is 0 Å². The summed E-state index contributed by atoms with van der Waals surface area (Å²) in [5, 5.41) is 3.35. The maximum absolute atomic E-state index is 3.35. The standard InChI is InChI=1S/C9H22N2/c1-5-7-11(4)9(3)8-10-6-2/h9-10H,5-8H2,1-4H3. The van der Waals surface area contributed by atoms with Crippen LogP contribution in [0.25, 0.3) is 0 Å². The van der Waals surface area contributed by atoms with Gasteiger partial charge in [0.05, 0.1) is 0 Å². The second-order valence-corrected chi connectivity index (χ2v) is 3.14. The van der Waals surface area contributed by atoms with Crippen molar-refractivity contribution in [2.75, 3.05) is 26.7 Å². The van der Waals surface area contributed by atoms with Crippen molar-refractivity contribution in [2.45, 2.75) is 33.2 Å². The molecule has 68 valence electrons. The predicted octanol–water partition coefficient (Wildman–Crippen LogP) is 1.33. The first-order valence-electron chi connectivity index (χ1n) is 4.63. The SMILES string of the molecule is CCCN(C)C(C)CNCC. The van der Waals surface area contributed by atoms with E-state index >= 15 is 0 Å². The summed E-state index contributed by atoms with van der Waals surface area (Å²) in [6, 6.07) is 0.662. The molecule has 11 heavy (non-hydrogen) atoms. The molecule has 0 aromatic rings. The summed E-state index contributed by atoms with van der Waals surface area (Å²) < 4.78 is 0. The summed E-state index contributed by atoms with van der Waals surface area (Å²) in [4.78, 5) is 2.39. The molecule has 1 unspecified atom stereocenters. The third-order valence-electron chi connectivity index (χ3n) is 2.02. The molecule has 1 N–H and O–H groups in total. The molecular formula is C9H22N2. The first-order valence-corrected chi connectivity index (χ1v) is 4.63. The summed E-state index contributed by atoms with van der Waals surface area (Å²) in [6.07, 6.45) is 1.24. The average Bonchev–Trinajstić information content (AvgIpc) is 2.00. The Labute approximate surface area is 71.0 Å². The van der Waals surface area contributed by atoms with E-state index in [2.05, 4.69) is 38.0 Å². The Morgan fingerprint density at radius 2 is 2.00 bits per heavy atom. The number of hydrogen-bond donors (Lipinski definition) is 1. The van der Waals surface area contributed by atoms with Crippen LogP contribution in [0.5, 0.6) is 0 Å². The van der Waals surface area contributed by atoms with E-state index in [1.165, 1.54) is 13.0 Å². The van der Waals surface area contributed by atoms with Crippen LogP contribution in [0.3, 0.4) is 0 Å². The van der Waals surface area contributed by atoms with Gasteiger partial charge in [-0.1, -0.05) is 13.8 Å². The summed E-state index contributed by atoms with van der Waals surface area (Å²) in [5.74, 6) is 0. The van der Waals surface area contributed by atoms with Gasteiger partial charge in [0.25, 0.3) is 0 Å². The van der Waals surface area contributed by atoms with Crippen molar-refractivity contribution in [3.05, 3.63) is 0 Å². The molecule has 2 nitrogen and oxygen atoms in total. The van der Waals surface area contributed by atoms with Crippen molar-refractivity contribution in [1.29, 1.82) is 0 Å². The van der Waals surface area contributed by atoms with E-state index in [0.29, 0.717) is 6.04 Å². The predicted molar refractivity (Wildman–Crippen MR) is 50.9 cm³/mol. The zero-order valence-electron chi connectivity index (χ0n) is 8.35. The highest BCUT2D eigenvalue weighted by Gasteiger charge is 2.05. The van der Waals surface area contributed by atoms with E-state index in [9.17, 15) is 0 Å². The lowest BCUT2D eigenvalue weighted by Gasteiger charge is -2.24. The third kappa shape index (κ3) is 5.22. The van der Waals surface area contributed by atoms with Gasteiger partial charge >= 0.3 is 0 Å². The monoisotopic (exact) mass is 158 g/mol. The third-order valence-corrected chi connectivity index (χ3v) is 2.02. The highest BCUT2D eigenvalue weighted by molar-refractivity contribution is 4.64. The molecule has 2 heteroatoms. The van der Waals surface area contributed by atoms with Gasteiger partial charge in [-0.2, -0.15) is 0 Å². The van der Waals surface area contributed by atoms with Gasteiger partial charge in [0.1, 0.15) is 0 Å². The minimum absolute atomic E-state index is 0.662. The zero-order chi connectivity index (χ0) is 8.69. The molecule has 0 aliphatic rings. The number of rotatable bonds is 6. The first-order chi connectivity index (χ1) is 5.22. The molecule has 0 saturated carbocycles. The molecule has 0 saturated heterocycles. The molecule has 1 atom stereocenters. The molecular weight excluding hydrogens is 136 g/mol. The summed E-state index contributed by atoms with van der Waals surface area (Å²) in [6.45, 7) is 10.0. The smallest absolute Gasteiger partial charge is 0.0189 e. The van der Waals surface area contributed by atoms with Gasteiger partial charge in [-0.05, 0) is 33.5 Å². The van der Waals surface area contributed by atoms with E-state index < -0.39 is 0 Å². The first kappa shape index (κ1) is 10.9. The summed E-state index contributed by atoms with van der Waals surface area (Å²) in [7, 11) is 2.19. The van der Waals surface area contributed by atoms with E-state index in [1.54, 1.807) is 0 Å². The summed E-state index contributed by atoms with van der Waals surface area (Å²) >= 11 is 0. The Kier molecular flexibility index (Phi) is 6.57. The van der Waals surface area contributed by atoms with Crippen LogP contribution < -0.4 is 5.32 Å². The van der Waals surface area contributed by atoms with E-state index in [0.717, 1.165) is 13.1 Å². The quantitative estimate of drug-likeness (QED) is 0.627. The van der Waals surface area contributed by atoms with Gasteiger partial charge in [-0.25, -0.2) is 0 Å². The van der Waals surface area contributed by atoms with Crippen molar-refractivity contribution < 1.29 is 0 Å². The Morgan fingerprint density at radius 1 is 1.36 bits per heavy atom. The molecule has 0 spiro atoms. The van der Waals surface area contributed by atoms with Crippen molar-refractivity contribution in [3.8, 4) is 0 Å². The Bertz CT molecular complexity index is 83.6. The number of nitrogens with zero attached hydrogens (tertiary/aromatic N) is 1. The van der Waals surface area contributed by atoms with Crippen molar-refractivity contribution in [2.24, 2.45) is 0 Å². The van der Waals surface area contributed by atoms with Gasteiger partial charge in [0.2, 0.25) is 0 Å². The molecule has 0 fully saturated rings. The van der Waals surface area contributed by atoms with Crippen LogP contribution in [0.15, 0.2) is 0 Å².